The molecule has 22 heavy (non-hydrogen) atoms. The second-order valence-corrected chi connectivity index (χ2v) is 5.24. The summed E-state index contributed by atoms with van der Waals surface area (Å²) in [5.74, 6) is -0.305. The molecule has 0 saturated carbocycles. The molecule has 3 rings (SSSR count). The average molecular weight is 302 g/mol. The number of rotatable bonds is 3. The number of benzene rings is 1. The number of amides is 1. The summed E-state index contributed by atoms with van der Waals surface area (Å²) in [7, 11) is 1.37. The van der Waals surface area contributed by atoms with Crippen molar-refractivity contribution >= 4 is 22.8 Å². The third-order valence-corrected chi connectivity index (χ3v) is 3.85. The number of ether oxygens (including phenoxy) is 2. The van der Waals surface area contributed by atoms with E-state index in [-0.39, 0.29) is 18.3 Å². The molecular formula is C16H18N2O4. The van der Waals surface area contributed by atoms with Gasteiger partial charge in [0.2, 0.25) is 0 Å². The zero-order valence-electron chi connectivity index (χ0n) is 12.4. The molecule has 2 aromatic rings. The van der Waals surface area contributed by atoms with Gasteiger partial charge >= 0.3 is 5.97 Å². The van der Waals surface area contributed by atoms with Crippen LogP contribution in [0.25, 0.3) is 10.9 Å². The molecule has 6 heteroatoms. The van der Waals surface area contributed by atoms with Crippen LogP contribution in [0.2, 0.25) is 0 Å². The first-order chi connectivity index (χ1) is 10.7. The monoisotopic (exact) mass is 302 g/mol. The largest absolute Gasteiger partial charge is 0.469 e. The van der Waals surface area contributed by atoms with E-state index in [4.69, 9.17) is 4.74 Å². The van der Waals surface area contributed by atoms with E-state index in [2.05, 4.69) is 9.72 Å². The van der Waals surface area contributed by atoms with E-state index in [1.54, 1.807) is 11.1 Å². The van der Waals surface area contributed by atoms with Crippen molar-refractivity contribution in [3.8, 4) is 0 Å². The number of fused-ring (bicyclic) bond motifs is 1. The molecule has 0 aliphatic carbocycles. The van der Waals surface area contributed by atoms with Crippen LogP contribution in [0.4, 0.5) is 0 Å². The highest BCUT2D eigenvalue weighted by Crippen LogP contribution is 2.22. The molecule has 116 valence electrons. The Kier molecular flexibility index (Phi) is 4.11. The van der Waals surface area contributed by atoms with E-state index in [9.17, 15) is 9.59 Å². The van der Waals surface area contributed by atoms with Crippen molar-refractivity contribution in [3.05, 3.63) is 35.5 Å². The summed E-state index contributed by atoms with van der Waals surface area (Å²) in [6, 6.07) is 5.61. The Balaban J connectivity index is 1.90. The first-order valence-corrected chi connectivity index (χ1v) is 7.23. The Morgan fingerprint density at radius 3 is 2.82 bits per heavy atom. The van der Waals surface area contributed by atoms with Gasteiger partial charge in [-0.1, -0.05) is 6.07 Å². The number of nitrogens with one attached hydrogen (secondary N) is 1. The first kappa shape index (κ1) is 14.6. The van der Waals surface area contributed by atoms with Gasteiger partial charge in [0.15, 0.2) is 0 Å². The van der Waals surface area contributed by atoms with Gasteiger partial charge in [0.1, 0.15) is 0 Å². The summed E-state index contributed by atoms with van der Waals surface area (Å²) < 4.78 is 9.96. The van der Waals surface area contributed by atoms with Gasteiger partial charge in [0.05, 0.1) is 32.3 Å². The van der Waals surface area contributed by atoms with Gasteiger partial charge in [-0.3, -0.25) is 9.59 Å². The molecule has 1 N–H and O–H groups in total. The van der Waals surface area contributed by atoms with Gasteiger partial charge in [-0.15, -0.1) is 0 Å². The van der Waals surface area contributed by atoms with Gasteiger partial charge in [-0.2, -0.15) is 0 Å². The third-order valence-electron chi connectivity index (χ3n) is 3.85. The fourth-order valence-corrected chi connectivity index (χ4v) is 2.63. The maximum absolute atomic E-state index is 12.6. The van der Waals surface area contributed by atoms with Crippen molar-refractivity contribution < 1.29 is 19.1 Å². The minimum atomic E-state index is -0.295. The quantitative estimate of drug-likeness (QED) is 0.869. The lowest BCUT2D eigenvalue weighted by molar-refractivity contribution is -0.139. The smallest absolute Gasteiger partial charge is 0.309 e. The highest BCUT2D eigenvalue weighted by molar-refractivity contribution is 6.07. The molecular weight excluding hydrogens is 284 g/mol. The number of aromatic nitrogens is 1. The van der Waals surface area contributed by atoms with Gasteiger partial charge < -0.3 is 19.4 Å². The number of aromatic amines is 1. The number of nitrogens with zero attached hydrogens (tertiary/aromatic N) is 1. The summed E-state index contributed by atoms with van der Waals surface area (Å²) in [5, 5.41) is 0.831. The molecule has 0 unspecified atom stereocenters. The molecule has 2 heterocycles. The van der Waals surface area contributed by atoms with Crippen LogP contribution < -0.4 is 0 Å². The topological polar surface area (TPSA) is 71.6 Å². The van der Waals surface area contributed by atoms with Crippen LogP contribution in [0.15, 0.2) is 24.4 Å². The van der Waals surface area contributed by atoms with Crippen LogP contribution in [0.5, 0.6) is 0 Å². The molecule has 0 radical (unpaired) electrons. The molecule has 1 aliphatic rings. The minimum absolute atomic E-state index is 0.00947. The lowest BCUT2D eigenvalue weighted by Crippen LogP contribution is -2.40. The molecule has 0 bridgehead atoms. The second kappa shape index (κ2) is 6.19. The molecule has 1 saturated heterocycles. The number of carbonyl (C=O) groups excluding carboxylic acids is 2. The van der Waals surface area contributed by atoms with Crippen molar-refractivity contribution in [1.29, 1.82) is 0 Å². The molecule has 1 amide bonds. The van der Waals surface area contributed by atoms with Crippen molar-refractivity contribution in [2.24, 2.45) is 0 Å². The highest BCUT2D eigenvalue weighted by atomic mass is 16.5. The van der Waals surface area contributed by atoms with E-state index in [0.717, 1.165) is 16.5 Å². The number of carbonyl (C=O) groups is 2. The number of methoxy groups -OCH3 is 1. The Morgan fingerprint density at radius 2 is 2.09 bits per heavy atom. The van der Waals surface area contributed by atoms with Crippen LogP contribution >= 0.6 is 0 Å². The first-order valence-electron chi connectivity index (χ1n) is 7.23. The van der Waals surface area contributed by atoms with Gasteiger partial charge in [-0.25, -0.2) is 0 Å². The molecule has 1 aromatic heterocycles. The second-order valence-electron chi connectivity index (χ2n) is 5.24. The highest BCUT2D eigenvalue weighted by Gasteiger charge is 2.21. The third kappa shape index (κ3) is 2.82. The molecule has 1 fully saturated rings. The van der Waals surface area contributed by atoms with Crippen molar-refractivity contribution in [2.45, 2.75) is 6.42 Å². The minimum Gasteiger partial charge on any atom is -0.469 e. The lowest BCUT2D eigenvalue weighted by Gasteiger charge is -2.26. The Labute approximate surface area is 128 Å². The molecule has 1 aromatic carbocycles. The lowest BCUT2D eigenvalue weighted by atomic mass is 10.1. The van der Waals surface area contributed by atoms with E-state index >= 15 is 0 Å². The maximum Gasteiger partial charge on any atom is 0.309 e. The van der Waals surface area contributed by atoms with Crippen LogP contribution in [-0.4, -0.2) is 55.2 Å². The predicted molar refractivity (Wildman–Crippen MR) is 80.7 cm³/mol. The summed E-state index contributed by atoms with van der Waals surface area (Å²) in [6.45, 7) is 2.35. The predicted octanol–water partition coefficient (Wildman–Crippen LogP) is 1.36. The van der Waals surface area contributed by atoms with Crippen molar-refractivity contribution in [2.75, 3.05) is 33.4 Å². The van der Waals surface area contributed by atoms with Crippen LogP contribution in [0, 0.1) is 0 Å². The van der Waals surface area contributed by atoms with Gasteiger partial charge in [-0.05, 0) is 17.7 Å². The zero-order valence-corrected chi connectivity index (χ0v) is 12.4. The van der Waals surface area contributed by atoms with Crippen LogP contribution in [-0.2, 0) is 20.7 Å². The molecule has 1 aliphatic heterocycles. The van der Waals surface area contributed by atoms with Crippen molar-refractivity contribution in [1.82, 2.24) is 9.88 Å². The van der Waals surface area contributed by atoms with Gasteiger partial charge in [0, 0.05) is 30.2 Å². The Bertz CT molecular complexity index is 701. The maximum atomic E-state index is 12.6. The van der Waals surface area contributed by atoms with E-state index in [1.807, 2.05) is 18.2 Å². The number of esters is 1. The number of hydrogen-bond acceptors (Lipinski definition) is 4. The van der Waals surface area contributed by atoms with Crippen molar-refractivity contribution in [3.63, 3.8) is 0 Å². The summed E-state index contributed by atoms with van der Waals surface area (Å²) in [6.07, 6.45) is 1.92. The molecule has 6 nitrogen and oxygen atoms in total. The van der Waals surface area contributed by atoms with E-state index < -0.39 is 0 Å². The molecule has 0 spiro atoms. The van der Waals surface area contributed by atoms with E-state index in [0.29, 0.717) is 31.9 Å². The number of morpholine rings is 1. The van der Waals surface area contributed by atoms with Gasteiger partial charge in [0.25, 0.3) is 5.91 Å². The average Bonchev–Trinajstić information content (AvgIpc) is 2.98. The fourth-order valence-electron chi connectivity index (χ4n) is 2.63. The number of H-pyrrole nitrogens is 1. The Hall–Kier alpha value is -2.34. The Morgan fingerprint density at radius 1 is 1.32 bits per heavy atom. The normalized spacial score (nSPS) is 15.0. The number of hydrogen-bond donors (Lipinski definition) is 1. The fraction of sp³-hybridized carbons (Fsp3) is 0.375. The summed E-state index contributed by atoms with van der Waals surface area (Å²) in [4.78, 5) is 28.9. The summed E-state index contributed by atoms with van der Waals surface area (Å²) in [5.41, 5.74) is 2.34. The standard InChI is InChI=1S/C16H18N2O4/c1-21-15(19)9-11-2-3-14-12(8-11)13(10-17-14)16(20)18-4-6-22-7-5-18/h2-3,8,10,17H,4-7,9H2,1H3. The van der Waals surface area contributed by atoms with E-state index in [1.165, 1.54) is 7.11 Å². The van der Waals surface area contributed by atoms with Crippen LogP contribution in [0.1, 0.15) is 15.9 Å². The molecule has 0 atom stereocenters. The summed E-state index contributed by atoms with van der Waals surface area (Å²) >= 11 is 0. The zero-order chi connectivity index (χ0) is 15.5. The SMILES string of the molecule is COC(=O)Cc1ccc2[nH]cc(C(=O)N3CCOCC3)c2c1. The van der Waals surface area contributed by atoms with Crippen LogP contribution in [0.3, 0.4) is 0 Å².